The third kappa shape index (κ3) is 1.73. The van der Waals surface area contributed by atoms with Gasteiger partial charge in [0.25, 0.3) is 0 Å². The van der Waals surface area contributed by atoms with Gasteiger partial charge in [0.15, 0.2) is 5.78 Å². The number of Topliss-reactive ketones (excluding diaryl/α,β-unsaturated/α-hetero) is 1. The summed E-state index contributed by atoms with van der Waals surface area (Å²) in [6, 6.07) is 11.8. The highest BCUT2D eigenvalue weighted by molar-refractivity contribution is 6.31. The average Bonchev–Trinajstić information content (AvgIpc) is 2.67. The Bertz CT molecular complexity index is 636. The standard InChI is InChI=1S/C15H10ClFO/c16-9-5-6-10-12(8-15(18)13(10)7-9)11-3-1-2-4-14(11)17/h1-7,12H,8H2/t12-/m1/s1. The van der Waals surface area contributed by atoms with E-state index in [1.165, 1.54) is 6.07 Å². The first kappa shape index (κ1) is 11.4. The van der Waals surface area contributed by atoms with Gasteiger partial charge in [-0.05, 0) is 29.3 Å². The van der Waals surface area contributed by atoms with Crippen molar-refractivity contribution < 1.29 is 9.18 Å². The number of benzene rings is 2. The molecule has 0 heterocycles. The Kier molecular flexibility index (Phi) is 2.67. The third-order valence-corrected chi connectivity index (χ3v) is 3.60. The van der Waals surface area contributed by atoms with E-state index < -0.39 is 0 Å². The maximum absolute atomic E-state index is 13.8. The van der Waals surface area contributed by atoms with Crippen LogP contribution in [0.1, 0.15) is 33.8 Å². The number of hydrogen-bond acceptors (Lipinski definition) is 1. The van der Waals surface area contributed by atoms with Crippen LogP contribution in [0.5, 0.6) is 0 Å². The predicted molar refractivity (Wildman–Crippen MR) is 68.6 cm³/mol. The number of fused-ring (bicyclic) bond motifs is 1. The number of ketones is 1. The zero-order valence-electron chi connectivity index (χ0n) is 9.49. The van der Waals surface area contributed by atoms with Crippen LogP contribution in [0.2, 0.25) is 5.02 Å². The maximum Gasteiger partial charge on any atom is 0.164 e. The summed E-state index contributed by atoms with van der Waals surface area (Å²) in [4.78, 5) is 11.9. The van der Waals surface area contributed by atoms with E-state index in [1.54, 1.807) is 30.3 Å². The molecule has 1 aliphatic carbocycles. The van der Waals surface area contributed by atoms with Gasteiger partial charge in [0, 0.05) is 22.9 Å². The van der Waals surface area contributed by atoms with Crippen LogP contribution < -0.4 is 0 Å². The van der Waals surface area contributed by atoms with Crippen molar-refractivity contribution in [2.45, 2.75) is 12.3 Å². The summed E-state index contributed by atoms with van der Waals surface area (Å²) in [7, 11) is 0. The van der Waals surface area contributed by atoms with Crippen LogP contribution in [0.3, 0.4) is 0 Å². The van der Waals surface area contributed by atoms with Crippen LogP contribution in [-0.2, 0) is 0 Å². The van der Waals surface area contributed by atoms with Gasteiger partial charge in [-0.3, -0.25) is 4.79 Å². The minimum Gasteiger partial charge on any atom is -0.294 e. The summed E-state index contributed by atoms with van der Waals surface area (Å²) in [6.07, 6.45) is 0.316. The van der Waals surface area contributed by atoms with E-state index in [2.05, 4.69) is 0 Å². The third-order valence-electron chi connectivity index (χ3n) is 3.36. The van der Waals surface area contributed by atoms with Crippen LogP contribution in [0, 0.1) is 5.82 Å². The van der Waals surface area contributed by atoms with E-state index in [9.17, 15) is 9.18 Å². The van der Waals surface area contributed by atoms with E-state index in [1.807, 2.05) is 6.07 Å². The molecule has 1 atom stereocenters. The number of carbonyl (C=O) groups is 1. The molecule has 18 heavy (non-hydrogen) atoms. The van der Waals surface area contributed by atoms with E-state index >= 15 is 0 Å². The van der Waals surface area contributed by atoms with Crippen LogP contribution in [-0.4, -0.2) is 5.78 Å². The Morgan fingerprint density at radius 1 is 1.11 bits per heavy atom. The topological polar surface area (TPSA) is 17.1 Å². The Morgan fingerprint density at radius 3 is 2.67 bits per heavy atom. The van der Waals surface area contributed by atoms with Gasteiger partial charge >= 0.3 is 0 Å². The van der Waals surface area contributed by atoms with Gasteiger partial charge in [0.1, 0.15) is 5.82 Å². The SMILES string of the molecule is O=C1C[C@@H](c2ccccc2F)c2ccc(Cl)cc21. The molecule has 0 N–H and O–H groups in total. The highest BCUT2D eigenvalue weighted by Gasteiger charge is 2.31. The lowest BCUT2D eigenvalue weighted by atomic mass is 9.93. The zero-order valence-corrected chi connectivity index (χ0v) is 10.2. The Labute approximate surface area is 109 Å². The van der Waals surface area contributed by atoms with E-state index in [4.69, 9.17) is 11.6 Å². The first-order valence-electron chi connectivity index (χ1n) is 5.74. The zero-order chi connectivity index (χ0) is 12.7. The second kappa shape index (κ2) is 4.21. The fourth-order valence-corrected chi connectivity index (χ4v) is 2.69. The molecule has 2 aromatic rings. The molecule has 1 aliphatic rings. The number of carbonyl (C=O) groups excluding carboxylic acids is 1. The van der Waals surface area contributed by atoms with Crippen molar-refractivity contribution >= 4 is 17.4 Å². The molecule has 0 unspecified atom stereocenters. The highest BCUT2D eigenvalue weighted by atomic mass is 35.5. The summed E-state index contributed by atoms with van der Waals surface area (Å²) >= 11 is 5.89. The molecule has 2 aromatic carbocycles. The molecule has 1 nitrogen and oxygen atoms in total. The van der Waals surface area contributed by atoms with Crippen molar-refractivity contribution in [2.24, 2.45) is 0 Å². The molecule has 0 spiro atoms. The molecule has 0 radical (unpaired) electrons. The van der Waals surface area contributed by atoms with E-state index in [0.29, 0.717) is 22.6 Å². The summed E-state index contributed by atoms with van der Waals surface area (Å²) < 4.78 is 13.8. The Morgan fingerprint density at radius 2 is 1.89 bits per heavy atom. The van der Waals surface area contributed by atoms with Crippen molar-refractivity contribution in [1.82, 2.24) is 0 Å². The minimum absolute atomic E-state index is 0.0285. The van der Waals surface area contributed by atoms with Crippen molar-refractivity contribution in [1.29, 1.82) is 0 Å². The number of hydrogen-bond donors (Lipinski definition) is 0. The average molecular weight is 261 g/mol. The van der Waals surface area contributed by atoms with Gasteiger partial charge in [0.05, 0.1) is 0 Å². The predicted octanol–water partition coefficient (Wildman–Crippen LogP) is 4.20. The van der Waals surface area contributed by atoms with Crippen molar-refractivity contribution in [3.63, 3.8) is 0 Å². The molecule has 90 valence electrons. The van der Waals surface area contributed by atoms with Gasteiger partial charge in [-0.25, -0.2) is 4.39 Å². The summed E-state index contributed by atoms with van der Waals surface area (Å²) in [5.74, 6) is -0.426. The molecule has 0 aliphatic heterocycles. The normalized spacial score (nSPS) is 17.9. The molecule has 3 rings (SSSR count). The Hall–Kier alpha value is -1.67. The summed E-state index contributed by atoms with van der Waals surface area (Å²) in [5, 5.41) is 0.538. The molecule has 0 fully saturated rings. The molecule has 0 amide bonds. The number of halogens is 2. The molecular formula is C15H10ClFO. The van der Waals surface area contributed by atoms with Crippen molar-refractivity contribution in [2.75, 3.05) is 0 Å². The smallest absolute Gasteiger partial charge is 0.164 e. The second-order valence-electron chi connectivity index (χ2n) is 4.43. The second-order valence-corrected chi connectivity index (χ2v) is 4.87. The van der Waals surface area contributed by atoms with E-state index in [-0.39, 0.29) is 17.5 Å². The lowest BCUT2D eigenvalue weighted by Gasteiger charge is -2.12. The molecule has 0 aromatic heterocycles. The highest BCUT2D eigenvalue weighted by Crippen LogP contribution is 2.39. The summed E-state index contributed by atoms with van der Waals surface area (Å²) in [5.41, 5.74) is 2.07. The van der Waals surface area contributed by atoms with Crippen LogP contribution >= 0.6 is 11.6 Å². The van der Waals surface area contributed by atoms with E-state index in [0.717, 1.165) is 5.56 Å². The Balaban J connectivity index is 2.14. The van der Waals surface area contributed by atoms with Gasteiger partial charge in [0.2, 0.25) is 0 Å². The minimum atomic E-state index is -0.266. The lowest BCUT2D eigenvalue weighted by Crippen LogP contribution is -1.99. The fourth-order valence-electron chi connectivity index (χ4n) is 2.51. The van der Waals surface area contributed by atoms with Gasteiger partial charge in [-0.15, -0.1) is 0 Å². The molecular weight excluding hydrogens is 251 g/mol. The first-order chi connectivity index (χ1) is 8.66. The van der Waals surface area contributed by atoms with Crippen LogP contribution in [0.25, 0.3) is 0 Å². The van der Waals surface area contributed by atoms with Crippen LogP contribution in [0.15, 0.2) is 42.5 Å². The van der Waals surface area contributed by atoms with Crippen molar-refractivity contribution in [3.05, 3.63) is 70.0 Å². The molecule has 0 saturated heterocycles. The summed E-state index contributed by atoms with van der Waals surface area (Å²) in [6.45, 7) is 0. The van der Waals surface area contributed by atoms with Crippen molar-refractivity contribution in [3.8, 4) is 0 Å². The fraction of sp³-hybridized carbons (Fsp3) is 0.133. The van der Waals surface area contributed by atoms with Gasteiger partial charge in [-0.2, -0.15) is 0 Å². The van der Waals surface area contributed by atoms with Gasteiger partial charge in [-0.1, -0.05) is 35.9 Å². The molecule has 0 bridgehead atoms. The molecule has 0 saturated carbocycles. The quantitative estimate of drug-likeness (QED) is 0.751. The largest absolute Gasteiger partial charge is 0.294 e. The lowest BCUT2D eigenvalue weighted by molar-refractivity contribution is 0.0991. The molecule has 3 heteroatoms. The van der Waals surface area contributed by atoms with Crippen LogP contribution in [0.4, 0.5) is 4.39 Å². The first-order valence-corrected chi connectivity index (χ1v) is 6.11. The maximum atomic E-state index is 13.8. The number of rotatable bonds is 1. The monoisotopic (exact) mass is 260 g/mol. The van der Waals surface area contributed by atoms with Gasteiger partial charge < -0.3 is 0 Å².